The Bertz CT molecular complexity index is 1130. The lowest BCUT2D eigenvalue weighted by molar-refractivity contribution is -0.119. The van der Waals surface area contributed by atoms with E-state index in [-0.39, 0.29) is 11.9 Å². The van der Waals surface area contributed by atoms with Gasteiger partial charge in [-0.1, -0.05) is 54.2 Å². The molecule has 3 aromatic carbocycles. The molecule has 2 N–H and O–H groups in total. The van der Waals surface area contributed by atoms with Crippen molar-refractivity contribution < 1.29 is 9.53 Å². The number of nitrogens with zero attached hydrogens (tertiary/aromatic N) is 1. The predicted octanol–water partition coefficient (Wildman–Crippen LogP) is 4.69. The first-order valence-corrected chi connectivity index (χ1v) is 10.1. The van der Waals surface area contributed by atoms with E-state index in [1.165, 1.54) is 17.1 Å². The van der Waals surface area contributed by atoms with Gasteiger partial charge in [0.05, 0.1) is 29.9 Å². The lowest BCUT2D eigenvalue weighted by Gasteiger charge is -2.16. The minimum absolute atomic E-state index is 0.0246. The van der Waals surface area contributed by atoms with Gasteiger partial charge in [0.25, 0.3) is 0 Å². The number of benzene rings is 3. The zero-order valence-corrected chi connectivity index (χ0v) is 16.5. The summed E-state index contributed by atoms with van der Waals surface area (Å²) in [5.74, 6) is 1.05. The third kappa shape index (κ3) is 3.82. The summed E-state index contributed by atoms with van der Waals surface area (Å²) in [5.41, 5.74) is 2.87. The van der Waals surface area contributed by atoms with Crippen LogP contribution in [0.4, 0.5) is 0 Å². The molecule has 0 aliphatic rings. The Kier molecular flexibility index (Phi) is 5.21. The molecule has 0 saturated carbocycles. The van der Waals surface area contributed by atoms with Crippen molar-refractivity contribution in [1.29, 1.82) is 0 Å². The molecule has 5 nitrogen and oxygen atoms in total. The highest BCUT2D eigenvalue weighted by Gasteiger charge is 2.13. The van der Waals surface area contributed by atoms with E-state index in [9.17, 15) is 4.79 Å². The first kappa shape index (κ1) is 18.4. The Morgan fingerprint density at radius 2 is 2.00 bits per heavy atom. The van der Waals surface area contributed by atoms with Gasteiger partial charge in [-0.15, -0.1) is 0 Å². The van der Waals surface area contributed by atoms with Gasteiger partial charge in [0.1, 0.15) is 5.75 Å². The van der Waals surface area contributed by atoms with Gasteiger partial charge in [0.15, 0.2) is 5.16 Å². The summed E-state index contributed by atoms with van der Waals surface area (Å²) in [6, 6.07) is 20.0. The second kappa shape index (κ2) is 7.94. The molecule has 1 heterocycles. The molecular formula is C22H21N3O2S. The zero-order valence-electron chi connectivity index (χ0n) is 15.7. The summed E-state index contributed by atoms with van der Waals surface area (Å²) in [4.78, 5) is 20.2. The smallest absolute Gasteiger partial charge is 0.230 e. The molecule has 4 rings (SSSR count). The van der Waals surface area contributed by atoms with Crippen LogP contribution in [0.2, 0.25) is 0 Å². The molecule has 142 valence electrons. The highest BCUT2D eigenvalue weighted by Crippen LogP contribution is 2.25. The molecule has 28 heavy (non-hydrogen) atoms. The third-order valence-electron chi connectivity index (χ3n) is 4.67. The highest BCUT2D eigenvalue weighted by molar-refractivity contribution is 7.99. The van der Waals surface area contributed by atoms with Crippen LogP contribution in [0.5, 0.6) is 5.75 Å². The maximum atomic E-state index is 12.5. The highest BCUT2D eigenvalue weighted by atomic mass is 32.2. The van der Waals surface area contributed by atoms with E-state index >= 15 is 0 Å². The number of aromatic amines is 1. The Morgan fingerprint density at radius 1 is 1.18 bits per heavy atom. The van der Waals surface area contributed by atoms with Crippen molar-refractivity contribution in [2.75, 3.05) is 12.9 Å². The van der Waals surface area contributed by atoms with Crippen LogP contribution in [0, 0.1) is 0 Å². The van der Waals surface area contributed by atoms with E-state index in [0.29, 0.717) is 5.75 Å². The van der Waals surface area contributed by atoms with Crippen molar-refractivity contribution in [2.45, 2.75) is 18.1 Å². The van der Waals surface area contributed by atoms with Crippen molar-refractivity contribution in [1.82, 2.24) is 15.3 Å². The van der Waals surface area contributed by atoms with E-state index in [0.717, 1.165) is 32.9 Å². The molecule has 0 saturated heterocycles. The number of methoxy groups -OCH3 is 1. The molecule has 0 spiro atoms. The number of thioether (sulfide) groups is 1. The molecule has 4 aromatic rings. The topological polar surface area (TPSA) is 67.0 Å². The van der Waals surface area contributed by atoms with Crippen LogP contribution in [0.25, 0.3) is 21.8 Å². The van der Waals surface area contributed by atoms with Crippen LogP contribution in [0.3, 0.4) is 0 Å². The number of carbonyl (C=O) groups is 1. The van der Waals surface area contributed by atoms with E-state index < -0.39 is 0 Å². The number of ether oxygens (including phenoxy) is 1. The summed E-state index contributed by atoms with van der Waals surface area (Å²) < 4.78 is 5.23. The number of H-pyrrole nitrogens is 1. The standard InChI is InChI=1S/C22H21N3O2S/c1-14(17-9-5-7-15-6-3-4-8-18(15)17)23-21(26)13-28-22-24-19-11-10-16(27-2)12-20(19)25-22/h3-12,14H,13H2,1-2H3,(H,23,26)(H,24,25)/t14-/m0/s1. The molecule has 0 aliphatic heterocycles. The predicted molar refractivity (Wildman–Crippen MR) is 114 cm³/mol. The number of fused-ring (bicyclic) bond motifs is 2. The second-order valence-corrected chi connectivity index (χ2v) is 7.54. The molecule has 0 bridgehead atoms. The maximum absolute atomic E-state index is 12.5. The van der Waals surface area contributed by atoms with Gasteiger partial charge >= 0.3 is 0 Å². The van der Waals surface area contributed by atoms with E-state index in [4.69, 9.17) is 4.74 Å². The largest absolute Gasteiger partial charge is 0.497 e. The minimum atomic E-state index is -0.0702. The monoisotopic (exact) mass is 391 g/mol. The van der Waals surface area contributed by atoms with Crippen LogP contribution >= 0.6 is 11.8 Å². The Labute approximate surface area is 167 Å². The van der Waals surface area contributed by atoms with Gasteiger partial charge in [0, 0.05) is 6.07 Å². The molecule has 0 fully saturated rings. The fourth-order valence-corrected chi connectivity index (χ4v) is 3.98. The van der Waals surface area contributed by atoms with Gasteiger partial charge in [-0.05, 0) is 35.4 Å². The van der Waals surface area contributed by atoms with Crippen LogP contribution in [0.1, 0.15) is 18.5 Å². The van der Waals surface area contributed by atoms with Gasteiger partial charge in [0.2, 0.25) is 5.91 Å². The first-order chi connectivity index (χ1) is 13.6. The molecule has 6 heteroatoms. The quantitative estimate of drug-likeness (QED) is 0.468. The summed E-state index contributed by atoms with van der Waals surface area (Å²) in [6.07, 6.45) is 0. The molecule has 0 radical (unpaired) electrons. The second-order valence-electron chi connectivity index (χ2n) is 6.57. The Hall–Kier alpha value is -2.99. The number of aromatic nitrogens is 2. The van der Waals surface area contributed by atoms with Crippen molar-refractivity contribution >= 4 is 39.5 Å². The molecule has 1 amide bonds. The van der Waals surface area contributed by atoms with Gasteiger partial charge in [-0.25, -0.2) is 4.98 Å². The van der Waals surface area contributed by atoms with Gasteiger partial charge < -0.3 is 15.0 Å². The first-order valence-electron chi connectivity index (χ1n) is 9.07. The number of hydrogen-bond donors (Lipinski definition) is 2. The third-order valence-corrected chi connectivity index (χ3v) is 5.55. The van der Waals surface area contributed by atoms with Crippen LogP contribution in [-0.4, -0.2) is 28.7 Å². The number of rotatable bonds is 6. The van der Waals surface area contributed by atoms with Crippen LogP contribution in [0.15, 0.2) is 65.8 Å². The fraction of sp³-hybridized carbons (Fsp3) is 0.182. The maximum Gasteiger partial charge on any atom is 0.230 e. The average Bonchev–Trinajstić information content (AvgIpc) is 3.13. The molecule has 1 aromatic heterocycles. The van der Waals surface area contributed by atoms with E-state index in [2.05, 4.69) is 39.6 Å². The number of hydrogen-bond acceptors (Lipinski definition) is 4. The van der Waals surface area contributed by atoms with Crippen molar-refractivity contribution in [3.8, 4) is 5.75 Å². The van der Waals surface area contributed by atoms with Gasteiger partial charge in [-0.3, -0.25) is 4.79 Å². The molecular weight excluding hydrogens is 370 g/mol. The summed E-state index contributed by atoms with van der Waals surface area (Å²) >= 11 is 1.39. The average molecular weight is 391 g/mol. The van der Waals surface area contributed by atoms with Crippen LogP contribution in [-0.2, 0) is 4.79 Å². The number of nitrogens with one attached hydrogen (secondary N) is 2. The van der Waals surface area contributed by atoms with Crippen molar-refractivity contribution in [3.05, 3.63) is 66.2 Å². The SMILES string of the molecule is COc1ccc2nc(SCC(=O)N[C@@H](C)c3cccc4ccccc34)[nH]c2c1. The van der Waals surface area contributed by atoms with Crippen molar-refractivity contribution in [3.63, 3.8) is 0 Å². The lowest BCUT2D eigenvalue weighted by Crippen LogP contribution is -2.28. The lowest BCUT2D eigenvalue weighted by atomic mass is 10.00. The van der Waals surface area contributed by atoms with E-state index in [1.54, 1.807) is 7.11 Å². The molecule has 1 atom stereocenters. The zero-order chi connectivity index (χ0) is 19.5. The number of amides is 1. The number of carbonyl (C=O) groups excluding carboxylic acids is 1. The summed E-state index contributed by atoms with van der Waals surface area (Å²) in [7, 11) is 1.63. The Balaban J connectivity index is 1.41. The molecule has 0 aliphatic carbocycles. The summed E-state index contributed by atoms with van der Waals surface area (Å²) in [5, 5.41) is 6.15. The molecule has 0 unspecified atom stereocenters. The Morgan fingerprint density at radius 3 is 2.86 bits per heavy atom. The van der Waals surface area contributed by atoms with E-state index in [1.807, 2.05) is 43.3 Å². The number of imidazole rings is 1. The summed E-state index contributed by atoms with van der Waals surface area (Å²) in [6.45, 7) is 2.01. The normalized spacial score (nSPS) is 12.2. The minimum Gasteiger partial charge on any atom is -0.497 e. The fourth-order valence-electron chi connectivity index (χ4n) is 3.28. The van der Waals surface area contributed by atoms with Crippen LogP contribution < -0.4 is 10.1 Å². The van der Waals surface area contributed by atoms with Crippen molar-refractivity contribution in [2.24, 2.45) is 0 Å². The van der Waals surface area contributed by atoms with Gasteiger partial charge in [-0.2, -0.15) is 0 Å².